The van der Waals surface area contributed by atoms with Crippen molar-refractivity contribution in [3.05, 3.63) is 21.0 Å². The fourth-order valence-electron chi connectivity index (χ4n) is 2.28. The molecule has 7 heteroatoms. The highest BCUT2D eigenvalue weighted by molar-refractivity contribution is 9.10. The average Bonchev–Trinajstić information content (AvgIpc) is 2.44. The van der Waals surface area contributed by atoms with Crippen molar-refractivity contribution in [3.8, 4) is 0 Å². The number of nitrogens with one attached hydrogen (secondary N) is 1. The predicted molar refractivity (Wildman–Crippen MR) is 84.2 cm³/mol. The van der Waals surface area contributed by atoms with Crippen LogP contribution in [0.2, 0.25) is 0 Å². The van der Waals surface area contributed by atoms with E-state index in [2.05, 4.69) is 50.1 Å². The molecule has 0 bridgehead atoms. The van der Waals surface area contributed by atoms with E-state index in [4.69, 9.17) is 0 Å². The first-order chi connectivity index (χ1) is 9.49. The van der Waals surface area contributed by atoms with E-state index in [1.54, 1.807) is 13.2 Å². The maximum absolute atomic E-state index is 11.8. The Morgan fingerprint density at radius 1 is 1.35 bits per heavy atom. The van der Waals surface area contributed by atoms with Crippen molar-refractivity contribution >= 4 is 21.6 Å². The molecular formula is C13H22BrN5O. The summed E-state index contributed by atoms with van der Waals surface area (Å²) in [7, 11) is 3.80. The highest BCUT2D eigenvalue weighted by Crippen LogP contribution is 2.16. The van der Waals surface area contributed by atoms with Gasteiger partial charge in [-0.05, 0) is 29.9 Å². The van der Waals surface area contributed by atoms with E-state index in [-0.39, 0.29) is 5.56 Å². The minimum Gasteiger partial charge on any atom is -0.381 e. The number of anilines is 1. The van der Waals surface area contributed by atoms with Gasteiger partial charge in [-0.3, -0.25) is 9.69 Å². The van der Waals surface area contributed by atoms with Crippen molar-refractivity contribution in [2.45, 2.75) is 13.0 Å². The topological polar surface area (TPSA) is 53.4 Å². The number of rotatable bonds is 4. The van der Waals surface area contributed by atoms with Gasteiger partial charge in [0, 0.05) is 45.8 Å². The van der Waals surface area contributed by atoms with Crippen LogP contribution >= 0.6 is 15.9 Å². The van der Waals surface area contributed by atoms with Crippen LogP contribution in [0.4, 0.5) is 5.69 Å². The van der Waals surface area contributed by atoms with Crippen molar-refractivity contribution in [2.75, 3.05) is 45.1 Å². The van der Waals surface area contributed by atoms with Gasteiger partial charge in [0.05, 0.1) is 11.9 Å². The van der Waals surface area contributed by atoms with Crippen LogP contribution in [-0.4, -0.2) is 65.4 Å². The first-order valence-corrected chi connectivity index (χ1v) is 7.66. The molecule has 0 aromatic carbocycles. The number of halogens is 1. The molecule has 1 saturated heterocycles. The third-order valence-corrected chi connectivity index (χ3v) is 4.59. The lowest BCUT2D eigenvalue weighted by molar-refractivity contribution is 0.123. The van der Waals surface area contributed by atoms with E-state index >= 15 is 0 Å². The van der Waals surface area contributed by atoms with Gasteiger partial charge in [0.1, 0.15) is 4.47 Å². The van der Waals surface area contributed by atoms with Crippen LogP contribution in [0.15, 0.2) is 15.5 Å². The van der Waals surface area contributed by atoms with Gasteiger partial charge >= 0.3 is 0 Å². The molecule has 1 N–H and O–H groups in total. The molecule has 0 radical (unpaired) electrons. The summed E-state index contributed by atoms with van der Waals surface area (Å²) in [5.74, 6) is 0. The minimum atomic E-state index is -0.123. The highest BCUT2D eigenvalue weighted by atomic mass is 79.9. The molecule has 1 aromatic heterocycles. The third kappa shape index (κ3) is 3.59. The normalized spacial score (nSPS) is 19.0. The molecule has 1 atom stereocenters. The summed E-state index contributed by atoms with van der Waals surface area (Å²) in [5.41, 5.74) is 0.635. The summed E-state index contributed by atoms with van der Waals surface area (Å²) in [6.07, 6.45) is 1.68. The molecule has 1 aliphatic heterocycles. The lowest BCUT2D eigenvalue weighted by Crippen LogP contribution is -2.49. The van der Waals surface area contributed by atoms with Crippen molar-refractivity contribution in [1.82, 2.24) is 19.6 Å². The van der Waals surface area contributed by atoms with E-state index in [0.29, 0.717) is 10.5 Å². The van der Waals surface area contributed by atoms with Crippen LogP contribution < -0.4 is 10.9 Å². The quantitative estimate of drug-likeness (QED) is 0.867. The Bertz CT molecular complexity index is 510. The second kappa shape index (κ2) is 6.69. The lowest BCUT2D eigenvalue weighted by atomic mass is 10.2. The van der Waals surface area contributed by atoms with E-state index < -0.39 is 0 Å². The molecule has 2 heterocycles. The summed E-state index contributed by atoms with van der Waals surface area (Å²) in [5, 5.41) is 7.34. The van der Waals surface area contributed by atoms with Crippen LogP contribution in [0.3, 0.4) is 0 Å². The zero-order valence-corrected chi connectivity index (χ0v) is 13.9. The standard InChI is InChI=1S/C13H22BrN5O/c1-10(19-6-4-17(2)5-7-19)8-15-11-9-16-18(3)13(20)12(11)14/h9-10,15H,4-8H2,1-3H3. The molecule has 0 aliphatic carbocycles. The van der Waals surface area contributed by atoms with E-state index in [9.17, 15) is 4.79 Å². The summed E-state index contributed by atoms with van der Waals surface area (Å²) < 4.78 is 1.86. The molecule has 112 valence electrons. The number of piperazine rings is 1. The molecule has 1 aromatic rings. The number of likely N-dealkylation sites (N-methyl/N-ethyl adjacent to an activating group) is 1. The average molecular weight is 344 g/mol. The number of hydrogen-bond acceptors (Lipinski definition) is 5. The van der Waals surface area contributed by atoms with Gasteiger partial charge in [0.15, 0.2) is 0 Å². The Morgan fingerprint density at radius 3 is 2.65 bits per heavy atom. The molecular weight excluding hydrogens is 322 g/mol. The molecule has 1 unspecified atom stereocenters. The second-order valence-electron chi connectivity index (χ2n) is 5.37. The van der Waals surface area contributed by atoms with Crippen LogP contribution in [0.25, 0.3) is 0 Å². The SMILES string of the molecule is CC(CNc1cnn(C)c(=O)c1Br)N1CCN(C)CC1. The van der Waals surface area contributed by atoms with Gasteiger partial charge in [-0.25, -0.2) is 4.68 Å². The number of aryl methyl sites for hydroxylation is 1. The van der Waals surface area contributed by atoms with Gasteiger partial charge in [-0.1, -0.05) is 0 Å². The van der Waals surface area contributed by atoms with Crippen molar-refractivity contribution < 1.29 is 0 Å². The van der Waals surface area contributed by atoms with Gasteiger partial charge in [0.2, 0.25) is 0 Å². The van der Waals surface area contributed by atoms with E-state index in [1.807, 2.05) is 0 Å². The smallest absolute Gasteiger partial charge is 0.282 e. The Hall–Kier alpha value is -0.920. The van der Waals surface area contributed by atoms with Crippen molar-refractivity contribution in [3.63, 3.8) is 0 Å². The number of aromatic nitrogens is 2. The van der Waals surface area contributed by atoms with Gasteiger partial charge in [-0.2, -0.15) is 5.10 Å². The molecule has 0 amide bonds. The Balaban J connectivity index is 1.92. The highest BCUT2D eigenvalue weighted by Gasteiger charge is 2.19. The summed E-state index contributed by atoms with van der Waals surface area (Å²) in [6, 6.07) is 0.430. The molecule has 20 heavy (non-hydrogen) atoms. The maximum atomic E-state index is 11.8. The summed E-state index contributed by atoms with van der Waals surface area (Å²) in [4.78, 5) is 16.6. The van der Waals surface area contributed by atoms with Crippen LogP contribution in [0, 0.1) is 0 Å². The third-order valence-electron chi connectivity index (χ3n) is 3.83. The largest absolute Gasteiger partial charge is 0.381 e. The number of nitrogens with zero attached hydrogens (tertiary/aromatic N) is 4. The zero-order chi connectivity index (χ0) is 14.7. The van der Waals surface area contributed by atoms with Gasteiger partial charge in [0.25, 0.3) is 5.56 Å². The zero-order valence-electron chi connectivity index (χ0n) is 12.3. The molecule has 2 rings (SSSR count). The summed E-state index contributed by atoms with van der Waals surface area (Å²) >= 11 is 3.33. The predicted octanol–water partition coefficient (Wildman–Crippen LogP) is 0.591. The number of hydrogen-bond donors (Lipinski definition) is 1. The Kier molecular flexibility index (Phi) is 5.17. The summed E-state index contributed by atoms with van der Waals surface area (Å²) in [6.45, 7) is 7.42. The fourth-order valence-corrected chi connectivity index (χ4v) is 2.78. The van der Waals surface area contributed by atoms with Crippen molar-refractivity contribution in [2.24, 2.45) is 7.05 Å². The van der Waals surface area contributed by atoms with Crippen LogP contribution in [0.1, 0.15) is 6.92 Å². The molecule has 6 nitrogen and oxygen atoms in total. The molecule has 0 spiro atoms. The van der Waals surface area contributed by atoms with Crippen LogP contribution in [0.5, 0.6) is 0 Å². The first-order valence-electron chi connectivity index (χ1n) is 6.87. The van der Waals surface area contributed by atoms with Crippen molar-refractivity contribution in [1.29, 1.82) is 0 Å². The molecule has 1 fully saturated rings. The monoisotopic (exact) mass is 343 g/mol. The van der Waals surface area contributed by atoms with Gasteiger partial charge in [-0.15, -0.1) is 0 Å². The Labute approximate surface area is 127 Å². The minimum absolute atomic E-state index is 0.123. The maximum Gasteiger partial charge on any atom is 0.282 e. The first kappa shape index (κ1) is 15.5. The van der Waals surface area contributed by atoms with Crippen LogP contribution in [-0.2, 0) is 7.05 Å². The fraction of sp³-hybridized carbons (Fsp3) is 0.692. The second-order valence-corrected chi connectivity index (χ2v) is 6.16. The van der Waals surface area contributed by atoms with E-state index in [0.717, 1.165) is 38.4 Å². The molecule has 1 aliphatic rings. The van der Waals surface area contributed by atoms with E-state index in [1.165, 1.54) is 4.68 Å². The lowest BCUT2D eigenvalue weighted by Gasteiger charge is -2.36. The van der Waals surface area contributed by atoms with Gasteiger partial charge < -0.3 is 10.2 Å². The Morgan fingerprint density at radius 2 is 2.00 bits per heavy atom. The molecule has 0 saturated carbocycles.